The van der Waals surface area contributed by atoms with Gasteiger partial charge in [0, 0.05) is 17.0 Å². The van der Waals surface area contributed by atoms with Gasteiger partial charge in [-0.25, -0.2) is 9.97 Å². The molecule has 86 valence electrons. The molecule has 0 radical (unpaired) electrons. The first-order chi connectivity index (χ1) is 8.15. The Morgan fingerprint density at radius 1 is 1.24 bits per heavy atom. The third-order valence-electron chi connectivity index (χ3n) is 3.14. The van der Waals surface area contributed by atoms with Gasteiger partial charge < -0.3 is 4.98 Å². The number of aromatic nitrogens is 3. The summed E-state index contributed by atoms with van der Waals surface area (Å²) in [6.45, 7) is 6.36. The van der Waals surface area contributed by atoms with Gasteiger partial charge in [0.25, 0.3) is 0 Å². The molecule has 3 rings (SSSR count). The van der Waals surface area contributed by atoms with Crippen molar-refractivity contribution >= 4 is 21.9 Å². The number of benzene rings is 1. The Balaban J connectivity index is 2.36. The molecule has 1 aromatic carbocycles. The second-order valence-electron chi connectivity index (χ2n) is 4.78. The molecular weight excluding hydrogens is 210 g/mol. The first-order valence-electron chi connectivity index (χ1n) is 5.90. The van der Waals surface area contributed by atoms with Crippen molar-refractivity contribution in [2.75, 3.05) is 0 Å². The standard InChI is InChI=1S/C14H15N3/c1-8(2)10-4-5-12-11(6-10)7-15-14-13(12)16-9(3)17-14/h4-8H,1-3H3,(H,15,16,17). The molecule has 3 nitrogen and oxygen atoms in total. The number of nitrogens with one attached hydrogen (secondary N) is 1. The van der Waals surface area contributed by atoms with Crippen molar-refractivity contribution in [3.8, 4) is 0 Å². The van der Waals surface area contributed by atoms with E-state index in [1.165, 1.54) is 16.3 Å². The molecule has 0 saturated carbocycles. The molecule has 2 aromatic heterocycles. The minimum absolute atomic E-state index is 0.540. The summed E-state index contributed by atoms with van der Waals surface area (Å²) in [5, 5.41) is 2.37. The predicted octanol–water partition coefficient (Wildman–Crippen LogP) is 3.54. The van der Waals surface area contributed by atoms with Crippen LogP contribution < -0.4 is 0 Å². The maximum absolute atomic E-state index is 4.39. The van der Waals surface area contributed by atoms with E-state index in [1.807, 2.05) is 13.1 Å². The van der Waals surface area contributed by atoms with Crippen LogP contribution in [0.1, 0.15) is 31.2 Å². The zero-order valence-corrected chi connectivity index (χ0v) is 10.3. The molecule has 0 atom stereocenters. The third-order valence-corrected chi connectivity index (χ3v) is 3.14. The maximum atomic E-state index is 4.39. The third kappa shape index (κ3) is 1.58. The highest BCUT2D eigenvalue weighted by Gasteiger charge is 2.07. The fourth-order valence-corrected chi connectivity index (χ4v) is 2.17. The predicted molar refractivity (Wildman–Crippen MR) is 70.2 cm³/mol. The van der Waals surface area contributed by atoms with Crippen LogP contribution in [0, 0.1) is 6.92 Å². The van der Waals surface area contributed by atoms with Crippen molar-refractivity contribution in [1.82, 2.24) is 15.0 Å². The maximum Gasteiger partial charge on any atom is 0.178 e. The van der Waals surface area contributed by atoms with E-state index < -0.39 is 0 Å². The van der Waals surface area contributed by atoms with E-state index in [0.717, 1.165) is 17.0 Å². The van der Waals surface area contributed by atoms with Crippen molar-refractivity contribution in [3.05, 3.63) is 35.8 Å². The zero-order chi connectivity index (χ0) is 12.0. The number of nitrogens with zero attached hydrogens (tertiary/aromatic N) is 2. The van der Waals surface area contributed by atoms with Gasteiger partial charge in [0.1, 0.15) is 5.82 Å². The van der Waals surface area contributed by atoms with Gasteiger partial charge >= 0.3 is 0 Å². The van der Waals surface area contributed by atoms with Gasteiger partial charge in [0.05, 0.1) is 5.52 Å². The number of imidazole rings is 1. The van der Waals surface area contributed by atoms with E-state index in [9.17, 15) is 0 Å². The average molecular weight is 225 g/mol. The molecule has 0 aliphatic rings. The topological polar surface area (TPSA) is 41.6 Å². The average Bonchev–Trinajstić information content (AvgIpc) is 2.69. The molecule has 3 aromatic rings. The van der Waals surface area contributed by atoms with Crippen molar-refractivity contribution in [2.45, 2.75) is 26.7 Å². The molecule has 0 amide bonds. The second-order valence-corrected chi connectivity index (χ2v) is 4.78. The van der Waals surface area contributed by atoms with E-state index in [1.54, 1.807) is 0 Å². The highest BCUT2D eigenvalue weighted by atomic mass is 15.0. The number of hydrogen-bond donors (Lipinski definition) is 1. The Morgan fingerprint density at radius 3 is 2.82 bits per heavy atom. The molecule has 0 unspecified atom stereocenters. The van der Waals surface area contributed by atoms with Crippen molar-refractivity contribution in [3.63, 3.8) is 0 Å². The smallest absolute Gasteiger partial charge is 0.178 e. The van der Waals surface area contributed by atoms with E-state index in [-0.39, 0.29) is 0 Å². The fourth-order valence-electron chi connectivity index (χ4n) is 2.17. The van der Waals surface area contributed by atoms with Crippen LogP contribution in [0.2, 0.25) is 0 Å². The first-order valence-corrected chi connectivity index (χ1v) is 5.90. The van der Waals surface area contributed by atoms with Gasteiger partial charge in [-0.05, 0) is 24.5 Å². The van der Waals surface area contributed by atoms with Crippen LogP contribution in [0.25, 0.3) is 21.9 Å². The van der Waals surface area contributed by atoms with Crippen LogP contribution in [0.15, 0.2) is 24.4 Å². The summed E-state index contributed by atoms with van der Waals surface area (Å²) in [7, 11) is 0. The number of H-pyrrole nitrogens is 1. The van der Waals surface area contributed by atoms with Gasteiger partial charge in [-0.3, -0.25) is 0 Å². The summed E-state index contributed by atoms with van der Waals surface area (Å²) < 4.78 is 0. The lowest BCUT2D eigenvalue weighted by molar-refractivity contribution is 0.869. The quantitative estimate of drug-likeness (QED) is 0.688. The summed E-state index contributed by atoms with van der Waals surface area (Å²) in [5.74, 6) is 1.45. The lowest BCUT2D eigenvalue weighted by Crippen LogP contribution is -1.88. The van der Waals surface area contributed by atoms with E-state index in [2.05, 4.69) is 47.0 Å². The van der Waals surface area contributed by atoms with Crippen LogP contribution in [-0.2, 0) is 0 Å². The molecule has 2 heterocycles. The lowest BCUT2D eigenvalue weighted by Gasteiger charge is -2.06. The Morgan fingerprint density at radius 2 is 2.06 bits per heavy atom. The zero-order valence-electron chi connectivity index (χ0n) is 10.3. The summed E-state index contributed by atoms with van der Waals surface area (Å²) >= 11 is 0. The van der Waals surface area contributed by atoms with Gasteiger partial charge in [0.15, 0.2) is 5.65 Å². The fraction of sp³-hybridized carbons (Fsp3) is 0.286. The van der Waals surface area contributed by atoms with Crippen LogP contribution in [-0.4, -0.2) is 15.0 Å². The Labute approximate surface area is 99.9 Å². The summed E-state index contributed by atoms with van der Waals surface area (Å²) in [4.78, 5) is 12.0. The van der Waals surface area contributed by atoms with Crippen LogP contribution in [0.5, 0.6) is 0 Å². The molecule has 1 N–H and O–H groups in total. The number of aryl methyl sites for hydroxylation is 1. The summed E-state index contributed by atoms with van der Waals surface area (Å²) in [6.07, 6.45) is 1.91. The number of fused-ring (bicyclic) bond motifs is 3. The largest absolute Gasteiger partial charge is 0.340 e. The molecule has 0 bridgehead atoms. The second kappa shape index (κ2) is 3.55. The number of pyridine rings is 1. The first kappa shape index (κ1) is 10.3. The molecule has 0 fully saturated rings. The van der Waals surface area contributed by atoms with Gasteiger partial charge in [0.2, 0.25) is 0 Å². The molecule has 0 aliphatic carbocycles. The molecule has 0 saturated heterocycles. The Hall–Kier alpha value is -1.90. The molecular formula is C14H15N3. The highest BCUT2D eigenvalue weighted by Crippen LogP contribution is 2.25. The van der Waals surface area contributed by atoms with E-state index in [4.69, 9.17) is 0 Å². The number of rotatable bonds is 1. The highest BCUT2D eigenvalue weighted by molar-refractivity contribution is 6.02. The van der Waals surface area contributed by atoms with Gasteiger partial charge in [-0.1, -0.05) is 26.0 Å². The van der Waals surface area contributed by atoms with Crippen molar-refractivity contribution < 1.29 is 0 Å². The molecule has 17 heavy (non-hydrogen) atoms. The van der Waals surface area contributed by atoms with E-state index >= 15 is 0 Å². The number of hydrogen-bond acceptors (Lipinski definition) is 2. The minimum Gasteiger partial charge on any atom is -0.340 e. The normalized spacial score (nSPS) is 11.8. The molecule has 3 heteroatoms. The SMILES string of the molecule is Cc1nc2ncc3cc(C(C)C)ccc3c2[nH]1. The summed E-state index contributed by atoms with van der Waals surface area (Å²) in [6, 6.07) is 6.55. The number of aromatic amines is 1. The molecule has 0 aliphatic heterocycles. The lowest BCUT2D eigenvalue weighted by atomic mass is 10.00. The van der Waals surface area contributed by atoms with Crippen LogP contribution >= 0.6 is 0 Å². The van der Waals surface area contributed by atoms with Crippen LogP contribution in [0.4, 0.5) is 0 Å². The summed E-state index contributed by atoms with van der Waals surface area (Å²) in [5.41, 5.74) is 3.18. The molecule has 0 spiro atoms. The van der Waals surface area contributed by atoms with Crippen LogP contribution in [0.3, 0.4) is 0 Å². The monoisotopic (exact) mass is 225 g/mol. The minimum atomic E-state index is 0.540. The van der Waals surface area contributed by atoms with Gasteiger partial charge in [-0.15, -0.1) is 0 Å². The Kier molecular flexibility index (Phi) is 2.15. The van der Waals surface area contributed by atoms with Crippen molar-refractivity contribution in [2.24, 2.45) is 0 Å². The van der Waals surface area contributed by atoms with Crippen molar-refractivity contribution in [1.29, 1.82) is 0 Å². The Bertz CT molecular complexity index is 695. The van der Waals surface area contributed by atoms with E-state index in [0.29, 0.717) is 5.92 Å². The van der Waals surface area contributed by atoms with Gasteiger partial charge in [-0.2, -0.15) is 0 Å².